The molecule has 0 aromatic heterocycles. The number of nitrogens with two attached hydrogens (primary N) is 1. The lowest BCUT2D eigenvalue weighted by Crippen LogP contribution is -2.48. The van der Waals surface area contributed by atoms with Crippen molar-refractivity contribution in [3.05, 3.63) is 0 Å². The molecule has 3 N–H and O–H groups in total. The second-order valence-electron chi connectivity index (χ2n) is 6.08. The van der Waals surface area contributed by atoms with Gasteiger partial charge in [0.1, 0.15) is 5.84 Å². The maximum absolute atomic E-state index is 12.7. The number of nitrogens with zero attached hydrogens (tertiary/aromatic N) is 2. The number of likely N-dealkylation sites (tertiary alicyclic amines) is 1. The van der Waals surface area contributed by atoms with Gasteiger partial charge in [-0.05, 0) is 32.6 Å². The van der Waals surface area contributed by atoms with Gasteiger partial charge in [0.25, 0.3) is 0 Å². The molecule has 0 radical (unpaired) electrons. The van der Waals surface area contributed by atoms with Crippen LogP contribution in [0.5, 0.6) is 0 Å². The van der Waals surface area contributed by atoms with E-state index >= 15 is 0 Å². The highest BCUT2D eigenvalue weighted by molar-refractivity contribution is 5.84. The van der Waals surface area contributed by atoms with E-state index in [4.69, 9.17) is 15.7 Å². The van der Waals surface area contributed by atoms with Gasteiger partial charge in [0, 0.05) is 19.0 Å². The van der Waals surface area contributed by atoms with Gasteiger partial charge in [-0.25, -0.2) is 0 Å². The van der Waals surface area contributed by atoms with Gasteiger partial charge in [0.05, 0.1) is 18.1 Å². The molecule has 5 atom stereocenters. The van der Waals surface area contributed by atoms with Crippen molar-refractivity contribution in [1.29, 1.82) is 0 Å². The van der Waals surface area contributed by atoms with Crippen molar-refractivity contribution < 1.29 is 14.7 Å². The predicted molar refractivity (Wildman–Crippen MR) is 75.4 cm³/mol. The molecule has 2 heterocycles. The van der Waals surface area contributed by atoms with E-state index in [1.165, 1.54) is 0 Å². The molecule has 0 aliphatic carbocycles. The molecule has 2 saturated heterocycles. The van der Waals surface area contributed by atoms with Crippen molar-refractivity contribution in [3.63, 3.8) is 0 Å². The Bertz CT molecular complexity index is 399. The number of amidine groups is 1. The van der Waals surface area contributed by atoms with Gasteiger partial charge in [-0.1, -0.05) is 12.1 Å². The third-order valence-electron chi connectivity index (χ3n) is 4.79. The van der Waals surface area contributed by atoms with E-state index in [1.54, 1.807) is 0 Å². The summed E-state index contributed by atoms with van der Waals surface area (Å²) in [6.07, 6.45) is 1.82. The van der Waals surface area contributed by atoms with Gasteiger partial charge >= 0.3 is 0 Å². The number of piperidine rings is 1. The molecule has 2 fully saturated rings. The van der Waals surface area contributed by atoms with Crippen molar-refractivity contribution in [2.45, 2.75) is 45.8 Å². The Morgan fingerprint density at radius 3 is 2.60 bits per heavy atom. The fraction of sp³-hybridized carbons (Fsp3) is 0.857. The highest BCUT2D eigenvalue weighted by Gasteiger charge is 2.44. The molecular formula is C14H25N3O3. The zero-order valence-corrected chi connectivity index (χ0v) is 12.5. The number of carbonyl (C=O) groups excluding carboxylic acids is 1. The number of carbonyl (C=O) groups is 1. The summed E-state index contributed by atoms with van der Waals surface area (Å²) in [5, 5.41) is 11.9. The first-order chi connectivity index (χ1) is 9.45. The second-order valence-corrected chi connectivity index (χ2v) is 6.08. The summed E-state index contributed by atoms with van der Waals surface area (Å²) < 4.78 is 5.76. The first-order valence-electron chi connectivity index (χ1n) is 7.37. The molecule has 114 valence electrons. The minimum Gasteiger partial charge on any atom is -0.409 e. The summed E-state index contributed by atoms with van der Waals surface area (Å²) in [6, 6.07) is 0. The largest absolute Gasteiger partial charge is 0.409 e. The molecule has 2 aliphatic heterocycles. The monoisotopic (exact) mass is 283 g/mol. The average molecular weight is 283 g/mol. The van der Waals surface area contributed by atoms with Crippen LogP contribution in [-0.2, 0) is 9.53 Å². The fourth-order valence-corrected chi connectivity index (χ4v) is 3.40. The van der Waals surface area contributed by atoms with Crippen molar-refractivity contribution >= 4 is 11.7 Å². The van der Waals surface area contributed by atoms with Crippen LogP contribution in [0.1, 0.15) is 33.6 Å². The van der Waals surface area contributed by atoms with Crippen LogP contribution >= 0.6 is 0 Å². The summed E-state index contributed by atoms with van der Waals surface area (Å²) in [4.78, 5) is 14.6. The summed E-state index contributed by atoms with van der Waals surface area (Å²) in [5.74, 6) is 0.463. The Morgan fingerprint density at radius 1 is 1.35 bits per heavy atom. The highest BCUT2D eigenvalue weighted by atomic mass is 16.5. The third kappa shape index (κ3) is 2.75. The molecule has 2 aliphatic rings. The van der Waals surface area contributed by atoms with E-state index in [-0.39, 0.29) is 41.7 Å². The normalized spacial score (nSPS) is 39.0. The fourth-order valence-electron chi connectivity index (χ4n) is 3.40. The first kappa shape index (κ1) is 15.1. The third-order valence-corrected chi connectivity index (χ3v) is 4.79. The number of amides is 1. The van der Waals surface area contributed by atoms with Gasteiger partial charge in [-0.3, -0.25) is 4.79 Å². The Hall–Kier alpha value is -1.30. The van der Waals surface area contributed by atoms with Crippen LogP contribution in [0, 0.1) is 17.8 Å². The van der Waals surface area contributed by atoms with Crippen molar-refractivity contribution in [3.8, 4) is 0 Å². The van der Waals surface area contributed by atoms with Crippen LogP contribution in [0.3, 0.4) is 0 Å². The molecule has 0 aromatic carbocycles. The van der Waals surface area contributed by atoms with E-state index in [9.17, 15) is 4.79 Å². The van der Waals surface area contributed by atoms with Crippen LogP contribution in [-0.4, -0.2) is 47.1 Å². The SMILES string of the molecule is CC1OC(C)C(C(=O)N2CCCC(C(N)=NO)C2)C1C. The Morgan fingerprint density at radius 2 is 2.05 bits per heavy atom. The molecule has 0 bridgehead atoms. The predicted octanol–water partition coefficient (Wildman–Crippen LogP) is 1.03. The Labute approximate surface area is 119 Å². The lowest BCUT2D eigenvalue weighted by Gasteiger charge is -2.35. The topological polar surface area (TPSA) is 88.2 Å². The molecule has 0 saturated carbocycles. The molecule has 20 heavy (non-hydrogen) atoms. The van der Waals surface area contributed by atoms with Crippen LogP contribution in [0.4, 0.5) is 0 Å². The molecule has 6 heteroatoms. The number of ether oxygens (including phenoxy) is 1. The molecule has 1 amide bonds. The minimum atomic E-state index is -0.0870. The quantitative estimate of drug-likeness (QED) is 0.343. The highest BCUT2D eigenvalue weighted by Crippen LogP contribution is 2.34. The van der Waals surface area contributed by atoms with E-state index in [2.05, 4.69) is 12.1 Å². The molecule has 6 nitrogen and oxygen atoms in total. The Kier molecular flexibility index (Phi) is 4.52. The smallest absolute Gasteiger partial charge is 0.228 e. The molecule has 0 aromatic rings. The molecular weight excluding hydrogens is 258 g/mol. The standard InChI is InChI=1S/C14H25N3O3/c1-8-9(2)20-10(3)12(8)14(18)17-6-4-5-11(7-17)13(15)16-19/h8-12,19H,4-7H2,1-3H3,(H2,15,16). The van der Waals surface area contributed by atoms with Crippen LogP contribution in [0.2, 0.25) is 0 Å². The summed E-state index contributed by atoms with van der Waals surface area (Å²) >= 11 is 0. The number of oxime groups is 1. The van der Waals surface area contributed by atoms with Crippen LogP contribution < -0.4 is 5.73 Å². The first-order valence-corrected chi connectivity index (χ1v) is 7.37. The molecule has 2 rings (SSSR count). The van der Waals surface area contributed by atoms with Gasteiger partial charge in [0.2, 0.25) is 5.91 Å². The van der Waals surface area contributed by atoms with E-state index in [1.807, 2.05) is 18.7 Å². The van der Waals surface area contributed by atoms with Gasteiger partial charge in [0.15, 0.2) is 0 Å². The van der Waals surface area contributed by atoms with E-state index in [0.29, 0.717) is 6.54 Å². The maximum atomic E-state index is 12.7. The maximum Gasteiger partial charge on any atom is 0.228 e. The summed E-state index contributed by atoms with van der Waals surface area (Å²) in [5.41, 5.74) is 5.68. The van der Waals surface area contributed by atoms with E-state index in [0.717, 1.165) is 19.4 Å². The van der Waals surface area contributed by atoms with Gasteiger partial charge in [-0.15, -0.1) is 0 Å². The van der Waals surface area contributed by atoms with Crippen molar-refractivity contribution in [1.82, 2.24) is 4.90 Å². The summed E-state index contributed by atoms with van der Waals surface area (Å²) in [6.45, 7) is 7.34. The number of rotatable bonds is 2. The van der Waals surface area contributed by atoms with Crippen LogP contribution in [0.15, 0.2) is 5.16 Å². The molecule has 5 unspecified atom stereocenters. The summed E-state index contributed by atoms with van der Waals surface area (Å²) in [7, 11) is 0. The average Bonchev–Trinajstić information content (AvgIpc) is 2.70. The van der Waals surface area contributed by atoms with Crippen LogP contribution in [0.25, 0.3) is 0 Å². The lowest BCUT2D eigenvalue weighted by atomic mass is 9.87. The van der Waals surface area contributed by atoms with Crippen molar-refractivity contribution in [2.24, 2.45) is 28.6 Å². The minimum absolute atomic E-state index is 0.0388. The zero-order chi connectivity index (χ0) is 14.9. The molecule has 0 spiro atoms. The van der Waals surface area contributed by atoms with Gasteiger partial charge in [-0.2, -0.15) is 0 Å². The lowest BCUT2D eigenvalue weighted by molar-refractivity contribution is -0.139. The van der Waals surface area contributed by atoms with Gasteiger partial charge < -0.3 is 20.6 Å². The second kappa shape index (κ2) is 5.99. The Balaban J connectivity index is 2.05. The van der Waals surface area contributed by atoms with Crippen molar-refractivity contribution in [2.75, 3.05) is 13.1 Å². The number of hydrogen-bond donors (Lipinski definition) is 2. The zero-order valence-electron chi connectivity index (χ0n) is 12.5. The number of hydrogen-bond acceptors (Lipinski definition) is 4. The van der Waals surface area contributed by atoms with E-state index < -0.39 is 0 Å².